The summed E-state index contributed by atoms with van der Waals surface area (Å²) in [5.74, 6) is -0.745. The minimum Gasteiger partial charge on any atom is -0.508 e. The molecule has 0 atom stereocenters. The van der Waals surface area contributed by atoms with E-state index in [1.165, 1.54) is 0 Å². The molecule has 0 aliphatic rings. The normalized spacial score (nSPS) is 10.4. The van der Waals surface area contributed by atoms with E-state index in [4.69, 9.17) is 5.11 Å². The first-order chi connectivity index (χ1) is 7.50. The topological polar surface area (TPSA) is 46.3 Å². The van der Waals surface area contributed by atoms with Crippen LogP contribution in [-0.2, 0) is 6.18 Å². The van der Waals surface area contributed by atoms with Crippen LogP contribution in [0.15, 0.2) is 47.3 Å². The molecule has 1 heterocycles. The summed E-state index contributed by atoms with van der Waals surface area (Å²) in [6.45, 7) is 0. The van der Waals surface area contributed by atoms with Crippen molar-refractivity contribution in [2.75, 3.05) is 0 Å². The Morgan fingerprint density at radius 1 is 1.12 bits per heavy atom. The third-order valence-electron chi connectivity index (χ3n) is 1.47. The first-order valence-electron chi connectivity index (χ1n) is 4.20. The fraction of sp³-hybridized carbons (Fsp3) is 0.100. The Balaban J connectivity index is 0.000000165. The highest BCUT2D eigenvalue weighted by Gasteiger charge is 2.34. The van der Waals surface area contributed by atoms with Crippen LogP contribution >= 0.6 is 0 Å². The number of hydrogen-bond donors (Lipinski definition) is 1. The summed E-state index contributed by atoms with van der Waals surface area (Å²) in [4.78, 5) is 3.10. The Bertz CT molecular complexity index is 398. The van der Waals surface area contributed by atoms with E-state index in [2.05, 4.69) is 9.40 Å². The first kappa shape index (κ1) is 12.1. The van der Waals surface area contributed by atoms with E-state index < -0.39 is 11.9 Å². The molecule has 1 N–H and O–H groups in total. The smallest absolute Gasteiger partial charge is 0.451 e. The van der Waals surface area contributed by atoms with Gasteiger partial charge in [0.2, 0.25) is 5.76 Å². The molecule has 3 nitrogen and oxygen atoms in total. The number of phenols is 1. The van der Waals surface area contributed by atoms with Crippen molar-refractivity contribution in [3.8, 4) is 5.75 Å². The van der Waals surface area contributed by atoms with Crippen molar-refractivity contribution < 1.29 is 22.7 Å². The summed E-state index contributed by atoms with van der Waals surface area (Å²) in [6, 6.07) is 8.71. The second kappa shape index (κ2) is 5.20. The third kappa shape index (κ3) is 4.04. The van der Waals surface area contributed by atoms with Crippen LogP contribution < -0.4 is 0 Å². The second-order valence-corrected chi connectivity index (χ2v) is 2.70. The average Bonchev–Trinajstić information content (AvgIpc) is 2.71. The Morgan fingerprint density at radius 3 is 2.00 bits per heavy atom. The monoisotopic (exact) mass is 231 g/mol. The van der Waals surface area contributed by atoms with E-state index in [-0.39, 0.29) is 0 Å². The summed E-state index contributed by atoms with van der Waals surface area (Å²) in [5.41, 5.74) is 0. The van der Waals surface area contributed by atoms with E-state index in [9.17, 15) is 13.2 Å². The molecule has 0 saturated carbocycles. The van der Waals surface area contributed by atoms with Gasteiger partial charge < -0.3 is 9.52 Å². The van der Waals surface area contributed by atoms with Gasteiger partial charge in [-0.05, 0) is 12.1 Å². The Morgan fingerprint density at radius 2 is 1.75 bits per heavy atom. The average molecular weight is 231 g/mol. The van der Waals surface area contributed by atoms with Crippen LogP contribution in [-0.4, -0.2) is 10.1 Å². The number of oxazole rings is 1. The van der Waals surface area contributed by atoms with E-state index in [0.29, 0.717) is 11.9 Å². The number of hydrogen-bond acceptors (Lipinski definition) is 3. The van der Waals surface area contributed by atoms with Crippen molar-refractivity contribution in [1.82, 2.24) is 4.98 Å². The highest BCUT2D eigenvalue weighted by Crippen LogP contribution is 2.28. The van der Waals surface area contributed by atoms with Crippen LogP contribution in [0.3, 0.4) is 0 Å². The molecule has 2 aromatic rings. The molecule has 0 radical (unpaired) electrons. The lowest BCUT2D eigenvalue weighted by Gasteiger charge is -1.97. The summed E-state index contributed by atoms with van der Waals surface area (Å²) in [7, 11) is 0. The van der Waals surface area contributed by atoms with Crippen molar-refractivity contribution >= 4 is 0 Å². The van der Waals surface area contributed by atoms with Gasteiger partial charge in [-0.25, -0.2) is 4.98 Å². The molecule has 0 fully saturated rings. The molecule has 0 amide bonds. The van der Waals surface area contributed by atoms with E-state index in [1.54, 1.807) is 24.3 Å². The van der Waals surface area contributed by atoms with Crippen molar-refractivity contribution in [3.05, 3.63) is 48.7 Å². The van der Waals surface area contributed by atoms with Gasteiger partial charge in [-0.15, -0.1) is 0 Å². The van der Waals surface area contributed by atoms with Crippen LogP contribution in [0.2, 0.25) is 0 Å². The zero-order valence-corrected chi connectivity index (χ0v) is 7.98. The maximum atomic E-state index is 11.5. The van der Waals surface area contributed by atoms with Crippen molar-refractivity contribution in [3.63, 3.8) is 0 Å². The zero-order chi connectivity index (χ0) is 12.0. The minimum absolute atomic E-state index is 0.322. The van der Waals surface area contributed by atoms with Crippen molar-refractivity contribution in [2.24, 2.45) is 0 Å². The molecule has 2 rings (SSSR count). The quantitative estimate of drug-likeness (QED) is 0.757. The third-order valence-corrected chi connectivity index (χ3v) is 1.47. The predicted octanol–water partition coefficient (Wildman–Crippen LogP) is 3.09. The van der Waals surface area contributed by atoms with Gasteiger partial charge in [0.15, 0.2) is 6.39 Å². The number of alkyl halides is 3. The number of halogens is 3. The standard InChI is InChI=1S/C6H6O.C4H2F3NO/c7-6-4-2-1-3-5-6;5-4(6,7)3-1-8-2-9-3/h1-5,7H;1-2H. The highest BCUT2D eigenvalue weighted by molar-refractivity contribution is 5.18. The molecule has 86 valence electrons. The summed E-state index contributed by atoms with van der Waals surface area (Å²) < 4.78 is 38.4. The molecule has 0 aliphatic heterocycles. The Labute approximate surface area is 89.2 Å². The van der Waals surface area contributed by atoms with Crippen molar-refractivity contribution in [2.45, 2.75) is 6.18 Å². The van der Waals surface area contributed by atoms with Crippen LogP contribution in [0.5, 0.6) is 5.75 Å². The van der Waals surface area contributed by atoms with Gasteiger partial charge in [-0.1, -0.05) is 18.2 Å². The molecule has 0 spiro atoms. The first-order valence-corrected chi connectivity index (χ1v) is 4.20. The predicted molar refractivity (Wildman–Crippen MR) is 49.6 cm³/mol. The lowest BCUT2D eigenvalue weighted by molar-refractivity contribution is -0.153. The Hall–Kier alpha value is -1.98. The molecule has 0 saturated heterocycles. The van der Waals surface area contributed by atoms with Crippen LogP contribution in [0.4, 0.5) is 13.2 Å². The van der Waals surface area contributed by atoms with Gasteiger partial charge in [-0.3, -0.25) is 0 Å². The molecule has 1 aromatic carbocycles. The fourth-order valence-electron chi connectivity index (χ4n) is 0.784. The fourth-order valence-corrected chi connectivity index (χ4v) is 0.784. The number of rotatable bonds is 0. The minimum atomic E-state index is -4.41. The number of phenolic OH excluding ortho intramolecular Hbond substituents is 1. The number of para-hydroxylation sites is 1. The summed E-state index contributed by atoms with van der Waals surface area (Å²) in [6.07, 6.45) is -3.04. The summed E-state index contributed by atoms with van der Waals surface area (Å²) >= 11 is 0. The van der Waals surface area contributed by atoms with Gasteiger partial charge in [0, 0.05) is 0 Å². The second-order valence-electron chi connectivity index (χ2n) is 2.70. The number of benzene rings is 1. The SMILES string of the molecule is FC(F)(F)c1cnco1.Oc1ccccc1. The van der Waals surface area contributed by atoms with E-state index in [1.807, 2.05) is 6.07 Å². The maximum absolute atomic E-state index is 11.5. The number of aromatic nitrogens is 1. The number of nitrogens with zero attached hydrogens (tertiary/aromatic N) is 1. The molecule has 0 unspecified atom stereocenters. The summed E-state index contributed by atoms with van der Waals surface area (Å²) in [5, 5.41) is 8.63. The van der Waals surface area contributed by atoms with Crippen LogP contribution in [0, 0.1) is 0 Å². The van der Waals surface area contributed by atoms with Gasteiger partial charge in [0.25, 0.3) is 0 Å². The van der Waals surface area contributed by atoms with Gasteiger partial charge in [0.05, 0.1) is 6.20 Å². The molecule has 0 aliphatic carbocycles. The number of aromatic hydroxyl groups is 1. The highest BCUT2D eigenvalue weighted by atomic mass is 19.4. The van der Waals surface area contributed by atoms with E-state index >= 15 is 0 Å². The Kier molecular flexibility index (Phi) is 3.93. The molecule has 16 heavy (non-hydrogen) atoms. The van der Waals surface area contributed by atoms with Crippen molar-refractivity contribution in [1.29, 1.82) is 0 Å². The lowest BCUT2D eigenvalue weighted by atomic mass is 10.3. The molecule has 6 heteroatoms. The zero-order valence-electron chi connectivity index (χ0n) is 7.98. The van der Waals surface area contributed by atoms with Gasteiger partial charge in [-0.2, -0.15) is 13.2 Å². The van der Waals surface area contributed by atoms with Crippen LogP contribution in [0.25, 0.3) is 0 Å². The van der Waals surface area contributed by atoms with E-state index in [0.717, 1.165) is 6.39 Å². The molecule has 1 aromatic heterocycles. The molecule has 0 bridgehead atoms. The molecular formula is C10H8F3NO2. The van der Waals surface area contributed by atoms with Gasteiger partial charge in [0.1, 0.15) is 5.75 Å². The largest absolute Gasteiger partial charge is 0.508 e. The lowest BCUT2D eigenvalue weighted by Crippen LogP contribution is -2.01. The molecular weight excluding hydrogens is 223 g/mol. The van der Waals surface area contributed by atoms with Gasteiger partial charge >= 0.3 is 6.18 Å². The van der Waals surface area contributed by atoms with Crippen LogP contribution in [0.1, 0.15) is 5.76 Å². The maximum Gasteiger partial charge on any atom is 0.451 e.